The summed E-state index contributed by atoms with van der Waals surface area (Å²) in [4.78, 5) is 2.28. The standard InChI is InChI=1S/C15H26N2/c1-12-9-7-8-10-13(12)11-14(16-4)15(2,3)17(5)6/h7-10,14,16H,11H2,1-6H3. The van der Waals surface area contributed by atoms with E-state index in [-0.39, 0.29) is 5.54 Å². The third-order valence-electron chi connectivity index (χ3n) is 4.04. The van der Waals surface area contributed by atoms with Crippen molar-refractivity contribution in [2.45, 2.75) is 38.8 Å². The van der Waals surface area contributed by atoms with Gasteiger partial charge < -0.3 is 10.2 Å². The van der Waals surface area contributed by atoms with Crippen molar-refractivity contribution < 1.29 is 0 Å². The SMILES string of the molecule is CNC(Cc1ccccc1C)C(C)(C)N(C)C. The maximum atomic E-state index is 3.46. The number of rotatable bonds is 5. The van der Waals surface area contributed by atoms with E-state index in [1.165, 1.54) is 11.1 Å². The molecule has 0 aliphatic carbocycles. The first-order valence-electron chi connectivity index (χ1n) is 6.28. The zero-order valence-corrected chi connectivity index (χ0v) is 12.0. The second-order valence-corrected chi connectivity index (χ2v) is 5.52. The molecule has 0 heterocycles. The van der Waals surface area contributed by atoms with Gasteiger partial charge in [0.05, 0.1) is 0 Å². The van der Waals surface area contributed by atoms with Gasteiger partial charge in [0.25, 0.3) is 0 Å². The molecular weight excluding hydrogens is 208 g/mol. The molecule has 0 amide bonds. The number of hydrogen-bond acceptors (Lipinski definition) is 2. The van der Waals surface area contributed by atoms with Crippen LogP contribution in [-0.2, 0) is 6.42 Å². The molecule has 17 heavy (non-hydrogen) atoms. The fraction of sp³-hybridized carbons (Fsp3) is 0.600. The van der Waals surface area contributed by atoms with E-state index >= 15 is 0 Å². The summed E-state index contributed by atoms with van der Waals surface area (Å²) in [6, 6.07) is 9.08. The van der Waals surface area contributed by atoms with Gasteiger partial charge in [0.1, 0.15) is 0 Å². The van der Waals surface area contributed by atoms with Gasteiger partial charge in [-0.3, -0.25) is 0 Å². The average molecular weight is 234 g/mol. The monoisotopic (exact) mass is 234 g/mol. The maximum Gasteiger partial charge on any atom is 0.0303 e. The molecule has 1 unspecified atom stereocenters. The van der Waals surface area contributed by atoms with Gasteiger partial charge >= 0.3 is 0 Å². The molecule has 2 nitrogen and oxygen atoms in total. The highest BCUT2D eigenvalue weighted by Gasteiger charge is 2.30. The highest BCUT2D eigenvalue weighted by molar-refractivity contribution is 5.27. The summed E-state index contributed by atoms with van der Waals surface area (Å²) in [6.07, 6.45) is 1.06. The van der Waals surface area contributed by atoms with Crippen LogP contribution in [0.5, 0.6) is 0 Å². The first-order valence-corrected chi connectivity index (χ1v) is 6.28. The molecular formula is C15H26N2. The van der Waals surface area contributed by atoms with Crippen molar-refractivity contribution in [1.29, 1.82) is 0 Å². The number of hydrogen-bond donors (Lipinski definition) is 1. The van der Waals surface area contributed by atoms with E-state index in [0.29, 0.717) is 6.04 Å². The molecule has 1 aromatic rings. The Hall–Kier alpha value is -0.860. The average Bonchev–Trinajstić information content (AvgIpc) is 2.27. The number of likely N-dealkylation sites (N-methyl/N-ethyl adjacent to an activating group) is 2. The topological polar surface area (TPSA) is 15.3 Å². The number of benzene rings is 1. The van der Waals surface area contributed by atoms with E-state index in [1.54, 1.807) is 0 Å². The van der Waals surface area contributed by atoms with Crippen molar-refractivity contribution in [2.24, 2.45) is 0 Å². The molecule has 2 heteroatoms. The highest BCUT2D eigenvalue weighted by atomic mass is 15.2. The summed E-state index contributed by atoms with van der Waals surface area (Å²) in [6.45, 7) is 6.75. The summed E-state index contributed by atoms with van der Waals surface area (Å²) in [5.74, 6) is 0. The van der Waals surface area contributed by atoms with Crippen molar-refractivity contribution in [1.82, 2.24) is 10.2 Å². The van der Waals surface area contributed by atoms with E-state index in [4.69, 9.17) is 0 Å². The van der Waals surface area contributed by atoms with Crippen LogP contribution in [0.15, 0.2) is 24.3 Å². The Morgan fingerprint density at radius 2 is 1.82 bits per heavy atom. The minimum atomic E-state index is 0.136. The normalized spacial score (nSPS) is 14.1. The molecule has 0 fully saturated rings. The zero-order valence-electron chi connectivity index (χ0n) is 12.0. The molecule has 96 valence electrons. The van der Waals surface area contributed by atoms with E-state index in [0.717, 1.165) is 6.42 Å². The Labute approximate surface area is 106 Å². The van der Waals surface area contributed by atoms with Gasteiger partial charge in [-0.1, -0.05) is 24.3 Å². The minimum Gasteiger partial charge on any atom is -0.315 e. The van der Waals surface area contributed by atoms with Crippen LogP contribution in [0, 0.1) is 6.92 Å². The summed E-state index contributed by atoms with van der Waals surface area (Å²) < 4.78 is 0. The van der Waals surface area contributed by atoms with Crippen LogP contribution in [0.25, 0.3) is 0 Å². The number of nitrogens with one attached hydrogen (secondary N) is 1. The van der Waals surface area contributed by atoms with Gasteiger partial charge in [-0.2, -0.15) is 0 Å². The lowest BCUT2D eigenvalue weighted by Crippen LogP contribution is -2.55. The molecule has 0 saturated heterocycles. The minimum absolute atomic E-state index is 0.136. The summed E-state index contributed by atoms with van der Waals surface area (Å²) in [5.41, 5.74) is 2.95. The molecule has 1 rings (SSSR count). The van der Waals surface area contributed by atoms with E-state index in [9.17, 15) is 0 Å². The van der Waals surface area contributed by atoms with Crippen molar-refractivity contribution in [2.75, 3.05) is 21.1 Å². The predicted molar refractivity (Wildman–Crippen MR) is 75.5 cm³/mol. The molecule has 0 radical (unpaired) electrons. The van der Waals surface area contributed by atoms with Gasteiger partial charge in [0, 0.05) is 11.6 Å². The van der Waals surface area contributed by atoms with Crippen molar-refractivity contribution in [3.63, 3.8) is 0 Å². The van der Waals surface area contributed by atoms with E-state index < -0.39 is 0 Å². The molecule has 1 atom stereocenters. The molecule has 1 aromatic carbocycles. The van der Waals surface area contributed by atoms with E-state index in [1.807, 2.05) is 7.05 Å². The molecule has 0 aliphatic heterocycles. The van der Waals surface area contributed by atoms with Crippen molar-refractivity contribution in [3.05, 3.63) is 35.4 Å². The molecule has 0 spiro atoms. The van der Waals surface area contributed by atoms with Crippen LogP contribution in [0.3, 0.4) is 0 Å². The summed E-state index contributed by atoms with van der Waals surface area (Å²) >= 11 is 0. The molecule has 0 aliphatic rings. The second kappa shape index (κ2) is 5.65. The predicted octanol–water partition coefficient (Wildman–Crippen LogP) is 2.47. The number of nitrogens with zero attached hydrogens (tertiary/aromatic N) is 1. The smallest absolute Gasteiger partial charge is 0.0303 e. The fourth-order valence-electron chi connectivity index (χ4n) is 2.08. The maximum absolute atomic E-state index is 3.46. The lowest BCUT2D eigenvalue weighted by molar-refractivity contribution is 0.141. The summed E-state index contributed by atoms with van der Waals surface area (Å²) in [7, 11) is 6.33. The van der Waals surface area contributed by atoms with Crippen LogP contribution < -0.4 is 5.32 Å². The lowest BCUT2D eigenvalue weighted by atomic mass is 9.87. The molecule has 0 bridgehead atoms. The van der Waals surface area contributed by atoms with Crippen LogP contribution in [-0.4, -0.2) is 37.6 Å². The summed E-state index contributed by atoms with van der Waals surface area (Å²) in [5, 5.41) is 3.46. The van der Waals surface area contributed by atoms with Gasteiger partial charge in [-0.15, -0.1) is 0 Å². The van der Waals surface area contributed by atoms with Crippen LogP contribution >= 0.6 is 0 Å². The first kappa shape index (κ1) is 14.2. The largest absolute Gasteiger partial charge is 0.315 e. The molecule has 0 saturated carbocycles. The van der Waals surface area contributed by atoms with Crippen LogP contribution in [0.2, 0.25) is 0 Å². The first-order chi connectivity index (χ1) is 7.89. The van der Waals surface area contributed by atoms with E-state index in [2.05, 4.69) is 69.3 Å². The Kier molecular flexibility index (Phi) is 4.72. The second-order valence-electron chi connectivity index (χ2n) is 5.52. The Morgan fingerprint density at radius 1 is 1.24 bits per heavy atom. The van der Waals surface area contributed by atoms with Crippen molar-refractivity contribution in [3.8, 4) is 0 Å². The lowest BCUT2D eigenvalue weighted by Gasteiger charge is -2.40. The van der Waals surface area contributed by atoms with Crippen LogP contribution in [0.1, 0.15) is 25.0 Å². The van der Waals surface area contributed by atoms with Crippen LogP contribution in [0.4, 0.5) is 0 Å². The Bertz CT molecular complexity index is 356. The number of aryl methyl sites for hydroxylation is 1. The third-order valence-corrected chi connectivity index (χ3v) is 4.04. The Balaban J connectivity index is 2.88. The molecule has 1 N–H and O–H groups in total. The molecule has 0 aromatic heterocycles. The fourth-order valence-corrected chi connectivity index (χ4v) is 2.08. The Morgan fingerprint density at radius 3 is 2.29 bits per heavy atom. The highest BCUT2D eigenvalue weighted by Crippen LogP contribution is 2.20. The zero-order chi connectivity index (χ0) is 13.1. The van der Waals surface area contributed by atoms with Gasteiger partial charge in [-0.25, -0.2) is 0 Å². The quantitative estimate of drug-likeness (QED) is 0.842. The van der Waals surface area contributed by atoms with Crippen molar-refractivity contribution >= 4 is 0 Å². The van der Waals surface area contributed by atoms with Gasteiger partial charge in [0.15, 0.2) is 0 Å². The third kappa shape index (κ3) is 3.30. The van der Waals surface area contributed by atoms with Gasteiger partial charge in [0.2, 0.25) is 0 Å². The van der Waals surface area contributed by atoms with Gasteiger partial charge in [-0.05, 0) is 59.5 Å².